The van der Waals surface area contributed by atoms with E-state index in [1.54, 1.807) is 0 Å². The van der Waals surface area contributed by atoms with Crippen molar-refractivity contribution in [2.24, 2.45) is 34.5 Å². The molecule has 0 spiro atoms. The van der Waals surface area contributed by atoms with Gasteiger partial charge in [-0.05, 0) is 55.8 Å². The molecule has 0 aromatic rings. The van der Waals surface area contributed by atoms with E-state index in [2.05, 4.69) is 13.8 Å². The summed E-state index contributed by atoms with van der Waals surface area (Å²) in [6.45, 7) is 4.64. The highest BCUT2D eigenvalue weighted by Gasteiger charge is 2.69. The molecule has 0 N–H and O–H groups in total. The first kappa shape index (κ1) is 13.7. The van der Waals surface area contributed by atoms with E-state index in [1.165, 1.54) is 6.42 Å². The van der Waals surface area contributed by atoms with Crippen LogP contribution in [0.3, 0.4) is 0 Å². The maximum absolute atomic E-state index is 12.4. The molecule has 1 heterocycles. The minimum atomic E-state index is -0.0847. The van der Waals surface area contributed by atoms with Gasteiger partial charge in [0.2, 0.25) is 0 Å². The summed E-state index contributed by atoms with van der Waals surface area (Å²) in [4.78, 5) is 24.5. The SMILES string of the molecule is C[C@]12[C@@H](CC[C@@H]3[C@@H]1CC[C@]1(C)C(=O)CC[C@@H]31)CC(=O)[C@@H]1O[C@H]12. The Morgan fingerprint density at radius 1 is 1.05 bits per heavy atom. The second kappa shape index (κ2) is 4.03. The maximum atomic E-state index is 12.4. The molecule has 5 rings (SSSR count). The Morgan fingerprint density at radius 2 is 1.86 bits per heavy atom. The van der Waals surface area contributed by atoms with Crippen LogP contribution >= 0.6 is 0 Å². The summed E-state index contributed by atoms with van der Waals surface area (Å²) < 4.78 is 5.85. The van der Waals surface area contributed by atoms with Gasteiger partial charge in [0, 0.05) is 23.7 Å². The zero-order valence-electron chi connectivity index (χ0n) is 13.6. The van der Waals surface area contributed by atoms with Crippen LogP contribution in [0, 0.1) is 34.5 Å². The van der Waals surface area contributed by atoms with E-state index in [9.17, 15) is 9.59 Å². The molecule has 3 heteroatoms. The monoisotopic (exact) mass is 302 g/mol. The molecule has 0 unspecified atom stereocenters. The van der Waals surface area contributed by atoms with Gasteiger partial charge in [0.05, 0.1) is 6.10 Å². The molecule has 5 aliphatic rings. The Kier molecular flexibility index (Phi) is 2.51. The number of carbonyl (C=O) groups excluding carboxylic acids is 2. The number of rotatable bonds is 0. The first-order valence-corrected chi connectivity index (χ1v) is 9.17. The van der Waals surface area contributed by atoms with Gasteiger partial charge in [-0.2, -0.15) is 0 Å². The Morgan fingerprint density at radius 3 is 2.68 bits per heavy atom. The normalized spacial score (nSPS) is 59.4. The topological polar surface area (TPSA) is 46.7 Å². The smallest absolute Gasteiger partial charge is 0.164 e. The average molecular weight is 302 g/mol. The van der Waals surface area contributed by atoms with Crippen LogP contribution in [0.25, 0.3) is 0 Å². The number of hydrogen-bond acceptors (Lipinski definition) is 3. The summed E-state index contributed by atoms with van der Waals surface area (Å²) >= 11 is 0. The molecular formula is C19H26O3. The van der Waals surface area contributed by atoms with E-state index in [-0.39, 0.29) is 23.0 Å². The highest BCUT2D eigenvalue weighted by Crippen LogP contribution is 2.67. The zero-order valence-corrected chi connectivity index (χ0v) is 13.6. The molecule has 0 aromatic heterocycles. The van der Waals surface area contributed by atoms with Crippen molar-refractivity contribution in [1.82, 2.24) is 0 Å². The molecule has 0 aromatic carbocycles. The number of hydrogen-bond donors (Lipinski definition) is 0. The fourth-order valence-corrected chi connectivity index (χ4v) is 7.20. The van der Waals surface area contributed by atoms with Crippen LogP contribution in [0.1, 0.15) is 58.8 Å². The lowest BCUT2D eigenvalue weighted by Gasteiger charge is -2.58. The van der Waals surface area contributed by atoms with Crippen LogP contribution in [-0.2, 0) is 14.3 Å². The number of epoxide rings is 1. The van der Waals surface area contributed by atoms with Crippen molar-refractivity contribution in [1.29, 1.82) is 0 Å². The van der Waals surface area contributed by atoms with E-state index in [0.717, 1.165) is 38.5 Å². The van der Waals surface area contributed by atoms with Gasteiger partial charge in [0.1, 0.15) is 11.9 Å². The van der Waals surface area contributed by atoms with Crippen LogP contribution in [0.4, 0.5) is 0 Å². The second-order valence-electron chi connectivity index (χ2n) is 9.08. The molecule has 8 atom stereocenters. The highest BCUT2D eigenvalue weighted by atomic mass is 16.6. The first-order valence-electron chi connectivity index (χ1n) is 9.17. The van der Waals surface area contributed by atoms with Crippen molar-refractivity contribution >= 4 is 11.6 Å². The predicted octanol–water partition coefficient (Wildman–Crippen LogP) is 3.15. The number of Topliss-reactive ketones (excluding diaryl/α,β-unsaturated/α-hetero) is 2. The van der Waals surface area contributed by atoms with Crippen molar-refractivity contribution in [2.75, 3.05) is 0 Å². The number of carbonyl (C=O) groups is 2. The van der Waals surface area contributed by atoms with Gasteiger partial charge in [-0.3, -0.25) is 9.59 Å². The van der Waals surface area contributed by atoms with Crippen LogP contribution in [0.2, 0.25) is 0 Å². The third-order valence-electron chi connectivity index (χ3n) is 8.54. The largest absolute Gasteiger partial charge is 0.361 e. The quantitative estimate of drug-likeness (QED) is 0.646. The number of ketones is 2. The lowest BCUT2D eigenvalue weighted by molar-refractivity contribution is -0.141. The molecule has 1 saturated heterocycles. The first-order chi connectivity index (χ1) is 10.5. The van der Waals surface area contributed by atoms with Crippen molar-refractivity contribution in [3.05, 3.63) is 0 Å². The molecule has 3 nitrogen and oxygen atoms in total. The molecule has 4 aliphatic carbocycles. The summed E-state index contributed by atoms with van der Waals surface area (Å²) in [5.41, 5.74) is 0.146. The number of fused-ring (bicyclic) bond motifs is 7. The predicted molar refractivity (Wildman–Crippen MR) is 81.2 cm³/mol. The van der Waals surface area contributed by atoms with Gasteiger partial charge in [-0.15, -0.1) is 0 Å². The van der Waals surface area contributed by atoms with Crippen LogP contribution in [-0.4, -0.2) is 23.8 Å². The fourth-order valence-electron chi connectivity index (χ4n) is 7.20. The third kappa shape index (κ3) is 1.43. The zero-order chi connectivity index (χ0) is 15.3. The Bertz CT molecular complexity index is 569. The maximum Gasteiger partial charge on any atom is 0.164 e. The van der Waals surface area contributed by atoms with Gasteiger partial charge in [-0.25, -0.2) is 0 Å². The van der Waals surface area contributed by atoms with Crippen molar-refractivity contribution in [3.63, 3.8) is 0 Å². The third-order valence-corrected chi connectivity index (χ3v) is 8.54. The minimum absolute atomic E-state index is 0.0430. The fraction of sp³-hybridized carbons (Fsp3) is 0.895. The lowest BCUT2D eigenvalue weighted by atomic mass is 9.45. The van der Waals surface area contributed by atoms with E-state index in [1.807, 2.05) is 0 Å². The minimum Gasteiger partial charge on any atom is -0.361 e. The van der Waals surface area contributed by atoms with E-state index < -0.39 is 0 Å². The highest BCUT2D eigenvalue weighted by molar-refractivity contribution is 5.88. The molecule has 0 amide bonds. The van der Waals surface area contributed by atoms with Gasteiger partial charge < -0.3 is 4.74 Å². The molecule has 0 bridgehead atoms. The van der Waals surface area contributed by atoms with Crippen LogP contribution in [0.5, 0.6) is 0 Å². The summed E-state index contributed by atoms with van der Waals surface area (Å²) in [6, 6.07) is 0. The average Bonchev–Trinajstić information content (AvgIpc) is 3.24. The standard InChI is InChI=1S/C19H26O3/c1-18-8-7-13-11(12(18)5-6-15(18)21)4-3-10-9-14(20)16-17(22-16)19(10,13)2/h10-13,16-17H,3-9H2,1-2H3/t10-,11-,12-,13-,16-,17+,18-,19-/m0/s1. The van der Waals surface area contributed by atoms with E-state index in [0.29, 0.717) is 35.2 Å². The molecular weight excluding hydrogens is 276 g/mol. The van der Waals surface area contributed by atoms with E-state index in [4.69, 9.17) is 4.74 Å². The lowest BCUT2D eigenvalue weighted by Crippen LogP contribution is -2.56. The van der Waals surface area contributed by atoms with Crippen LogP contribution in [0.15, 0.2) is 0 Å². The molecule has 0 radical (unpaired) electrons. The van der Waals surface area contributed by atoms with Crippen molar-refractivity contribution in [2.45, 2.75) is 71.0 Å². The Hall–Kier alpha value is -0.700. The summed E-state index contributed by atoms with van der Waals surface area (Å²) in [7, 11) is 0. The Labute approximate surface area is 132 Å². The number of ether oxygens (including phenoxy) is 1. The molecule has 5 fully saturated rings. The molecule has 4 saturated carbocycles. The van der Waals surface area contributed by atoms with Crippen molar-refractivity contribution < 1.29 is 14.3 Å². The van der Waals surface area contributed by atoms with Gasteiger partial charge in [0.25, 0.3) is 0 Å². The van der Waals surface area contributed by atoms with Crippen LogP contribution < -0.4 is 0 Å². The Balaban J connectivity index is 1.51. The molecule has 1 aliphatic heterocycles. The van der Waals surface area contributed by atoms with Crippen molar-refractivity contribution in [3.8, 4) is 0 Å². The summed E-state index contributed by atoms with van der Waals surface area (Å²) in [5, 5.41) is 0. The molecule has 22 heavy (non-hydrogen) atoms. The second-order valence-corrected chi connectivity index (χ2v) is 9.08. The summed E-state index contributed by atoms with van der Waals surface area (Å²) in [5.74, 6) is 3.32. The van der Waals surface area contributed by atoms with Gasteiger partial charge >= 0.3 is 0 Å². The summed E-state index contributed by atoms with van der Waals surface area (Å²) in [6.07, 6.45) is 7.35. The van der Waals surface area contributed by atoms with E-state index >= 15 is 0 Å². The van der Waals surface area contributed by atoms with Gasteiger partial charge in [-0.1, -0.05) is 13.8 Å². The van der Waals surface area contributed by atoms with Gasteiger partial charge in [0.15, 0.2) is 5.78 Å². The molecule has 120 valence electrons.